The van der Waals surface area contributed by atoms with Gasteiger partial charge >= 0.3 is 5.97 Å². The molecule has 4 heteroatoms. The Morgan fingerprint density at radius 2 is 2.00 bits per heavy atom. The summed E-state index contributed by atoms with van der Waals surface area (Å²) in [7, 11) is 1.40. The second kappa shape index (κ2) is 5.72. The van der Waals surface area contributed by atoms with Crippen molar-refractivity contribution in [3.63, 3.8) is 0 Å². The maximum absolute atomic E-state index is 11.6. The van der Waals surface area contributed by atoms with E-state index in [1.54, 1.807) is 0 Å². The molecule has 0 aliphatic carbocycles. The van der Waals surface area contributed by atoms with Gasteiger partial charge in [0.1, 0.15) is 5.54 Å². The summed E-state index contributed by atoms with van der Waals surface area (Å²) in [6.45, 7) is 4.71. The van der Waals surface area contributed by atoms with Crippen LogP contribution in [-0.4, -0.2) is 36.6 Å². The fraction of sp³-hybridized carbons (Fsp3) is 0.533. The third-order valence-corrected chi connectivity index (χ3v) is 4.00. The number of likely N-dealkylation sites (tertiary alicyclic amines) is 1. The van der Waals surface area contributed by atoms with E-state index in [1.165, 1.54) is 18.2 Å². The Kier molecular flexibility index (Phi) is 4.22. The van der Waals surface area contributed by atoms with Gasteiger partial charge in [-0.2, -0.15) is 0 Å². The molecule has 0 unspecified atom stereocenters. The van der Waals surface area contributed by atoms with Crippen molar-refractivity contribution in [1.29, 1.82) is 0 Å². The van der Waals surface area contributed by atoms with Gasteiger partial charge in [0.05, 0.1) is 7.11 Å². The zero-order valence-electron chi connectivity index (χ0n) is 11.7. The Morgan fingerprint density at radius 1 is 1.37 bits per heavy atom. The summed E-state index contributed by atoms with van der Waals surface area (Å²) in [4.78, 5) is 14.0. The Balaban J connectivity index is 1.94. The minimum atomic E-state index is -0.795. The van der Waals surface area contributed by atoms with Gasteiger partial charge in [-0.1, -0.05) is 24.3 Å². The molecule has 1 fully saturated rings. The van der Waals surface area contributed by atoms with Crippen LogP contribution in [0.1, 0.15) is 24.0 Å². The van der Waals surface area contributed by atoms with Crippen molar-refractivity contribution < 1.29 is 9.53 Å². The van der Waals surface area contributed by atoms with E-state index in [0.717, 1.165) is 19.6 Å². The van der Waals surface area contributed by atoms with Crippen LogP contribution in [0.25, 0.3) is 0 Å². The van der Waals surface area contributed by atoms with Gasteiger partial charge in [0.25, 0.3) is 0 Å². The van der Waals surface area contributed by atoms with Crippen molar-refractivity contribution in [2.45, 2.75) is 31.8 Å². The van der Waals surface area contributed by atoms with Crippen molar-refractivity contribution in [1.82, 2.24) is 4.90 Å². The maximum Gasteiger partial charge on any atom is 0.325 e. The number of piperidine rings is 1. The number of rotatable bonds is 3. The lowest BCUT2D eigenvalue weighted by Gasteiger charge is -2.37. The zero-order valence-corrected chi connectivity index (χ0v) is 11.7. The molecule has 0 atom stereocenters. The Hall–Kier alpha value is -1.39. The quantitative estimate of drug-likeness (QED) is 0.838. The molecule has 0 aromatic heterocycles. The van der Waals surface area contributed by atoms with Crippen molar-refractivity contribution in [3.05, 3.63) is 35.4 Å². The second-order valence-electron chi connectivity index (χ2n) is 5.35. The number of nitrogens with zero attached hydrogens (tertiary/aromatic N) is 1. The zero-order chi connectivity index (χ0) is 13.9. The molecule has 0 radical (unpaired) electrons. The molecule has 104 valence electrons. The van der Waals surface area contributed by atoms with E-state index in [0.29, 0.717) is 12.8 Å². The van der Waals surface area contributed by atoms with Gasteiger partial charge in [0.2, 0.25) is 0 Å². The molecule has 0 bridgehead atoms. The molecule has 1 aromatic rings. The number of ether oxygens (including phenoxy) is 1. The summed E-state index contributed by atoms with van der Waals surface area (Å²) in [5.74, 6) is -0.289. The van der Waals surface area contributed by atoms with E-state index in [2.05, 4.69) is 36.1 Å². The largest absolute Gasteiger partial charge is 0.468 e. The number of carbonyl (C=O) groups is 1. The SMILES string of the molecule is COC(=O)C1(N)CCN(Cc2ccccc2C)CC1. The van der Waals surface area contributed by atoms with Crippen LogP contribution in [0, 0.1) is 6.92 Å². The monoisotopic (exact) mass is 262 g/mol. The van der Waals surface area contributed by atoms with Gasteiger partial charge in [-0.05, 0) is 30.9 Å². The highest BCUT2D eigenvalue weighted by molar-refractivity contribution is 5.80. The number of aryl methyl sites for hydroxylation is 1. The Labute approximate surface area is 114 Å². The first-order valence-corrected chi connectivity index (χ1v) is 6.69. The Bertz CT molecular complexity index is 451. The van der Waals surface area contributed by atoms with Crippen LogP contribution in [0.2, 0.25) is 0 Å². The normalized spacial score (nSPS) is 19.1. The first-order chi connectivity index (χ1) is 9.05. The smallest absolute Gasteiger partial charge is 0.325 e. The summed E-state index contributed by atoms with van der Waals surface area (Å²) in [6.07, 6.45) is 1.32. The van der Waals surface area contributed by atoms with E-state index in [1.807, 2.05) is 0 Å². The molecule has 1 aromatic carbocycles. The van der Waals surface area contributed by atoms with Crippen LogP contribution in [0.15, 0.2) is 24.3 Å². The number of benzene rings is 1. The number of methoxy groups -OCH3 is 1. The van der Waals surface area contributed by atoms with Gasteiger partial charge in [-0.15, -0.1) is 0 Å². The van der Waals surface area contributed by atoms with E-state index in [-0.39, 0.29) is 5.97 Å². The van der Waals surface area contributed by atoms with Gasteiger partial charge in [-0.3, -0.25) is 9.69 Å². The first-order valence-electron chi connectivity index (χ1n) is 6.69. The first kappa shape index (κ1) is 14.0. The van der Waals surface area contributed by atoms with Crippen molar-refractivity contribution in [3.8, 4) is 0 Å². The molecule has 2 rings (SSSR count). The van der Waals surface area contributed by atoms with Crippen LogP contribution in [0.4, 0.5) is 0 Å². The Morgan fingerprint density at radius 3 is 2.58 bits per heavy atom. The number of hydrogen-bond donors (Lipinski definition) is 1. The van der Waals surface area contributed by atoms with Crippen LogP contribution in [0.5, 0.6) is 0 Å². The van der Waals surface area contributed by atoms with Gasteiger partial charge < -0.3 is 10.5 Å². The average molecular weight is 262 g/mol. The lowest BCUT2D eigenvalue weighted by atomic mass is 9.88. The van der Waals surface area contributed by atoms with Crippen molar-refractivity contribution >= 4 is 5.97 Å². The van der Waals surface area contributed by atoms with E-state index < -0.39 is 5.54 Å². The lowest BCUT2D eigenvalue weighted by molar-refractivity contribution is -0.149. The number of nitrogens with two attached hydrogens (primary N) is 1. The number of carbonyl (C=O) groups excluding carboxylic acids is 1. The van der Waals surface area contributed by atoms with Crippen molar-refractivity contribution in [2.75, 3.05) is 20.2 Å². The molecule has 1 saturated heterocycles. The van der Waals surface area contributed by atoms with Crippen LogP contribution < -0.4 is 5.73 Å². The lowest BCUT2D eigenvalue weighted by Crippen LogP contribution is -2.55. The predicted molar refractivity (Wildman–Crippen MR) is 74.6 cm³/mol. The number of esters is 1. The molecule has 0 spiro atoms. The molecule has 19 heavy (non-hydrogen) atoms. The highest BCUT2D eigenvalue weighted by atomic mass is 16.5. The molecule has 0 saturated carbocycles. The summed E-state index contributed by atoms with van der Waals surface area (Å²) in [6, 6.07) is 8.39. The maximum atomic E-state index is 11.6. The molecular weight excluding hydrogens is 240 g/mol. The van der Waals surface area contributed by atoms with Crippen molar-refractivity contribution in [2.24, 2.45) is 5.73 Å². The van der Waals surface area contributed by atoms with Gasteiger partial charge in [0.15, 0.2) is 0 Å². The third-order valence-electron chi connectivity index (χ3n) is 4.00. The topological polar surface area (TPSA) is 55.6 Å². The average Bonchev–Trinajstić information content (AvgIpc) is 2.43. The minimum absolute atomic E-state index is 0.289. The molecule has 2 N–H and O–H groups in total. The van der Waals surface area contributed by atoms with E-state index in [9.17, 15) is 4.79 Å². The third kappa shape index (κ3) is 3.14. The molecule has 1 heterocycles. The molecular formula is C15H22N2O2. The molecule has 0 amide bonds. The van der Waals surface area contributed by atoms with Gasteiger partial charge in [0, 0.05) is 19.6 Å². The summed E-state index contributed by atoms with van der Waals surface area (Å²) < 4.78 is 4.78. The second-order valence-corrected chi connectivity index (χ2v) is 5.35. The molecule has 1 aliphatic rings. The summed E-state index contributed by atoms with van der Waals surface area (Å²) in [5.41, 5.74) is 7.95. The highest BCUT2D eigenvalue weighted by Crippen LogP contribution is 2.23. The standard InChI is InChI=1S/C15H22N2O2/c1-12-5-3-4-6-13(12)11-17-9-7-15(16,8-10-17)14(18)19-2/h3-6H,7-11,16H2,1-2H3. The van der Waals surface area contributed by atoms with Gasteiger partial charge in [-0.25, -0.2) is 0 Å². The fourth-order valence-electron chi connectivity index (χ4n) is 2.55. The summed E-state index contributed by atoms with van der Waals surface area (Å²) in [5, 5.41) is 0. The van der Waals surface area contributed by atoms with Crippen LogP contribution in [0.3, 0.4) is 0 Å². The summed E-state index contributed by atoms with van der Waals surface area (Å²) >= 11 is 0. The predicted octanol–water partition coefficient (Wildman–Crippen LogP) is 1.46. The van der Waals surface area contributed by atoms with E-state index in [4.69, 9.17) is 10.5 Å². The van der Waals surface area contributed by atoms with E-state index >= 15 is 0 Å². The van der Waals surface area contributed by atoms with Crippen LogP contribution in [-0.2, 0) is 16.1 Å². The minimum Gasteiger partial charge on any atom is -0.468 e. The molecule has 4 nitrogen and oxygen atoms in total. The number of hydrogen-bond acceptors (Lipinski definition) is 4. The fourth-order valence-corrected chi connectivity index (χ4v) is 2.55. The van der Waals surface area contributed by atoms with Crippen LogP contribution >= 0.6 is 0 Å². The highest BCUT2D eigenvalue weighted by Gasteiger charge is 2.38. The molecule has 1 aliphatic heterocycles.